The van der Waals surface area contributed by atoms with Crippen LogP contribution in [0.2, 0.25) is 4.34 Å². The van der Waals surface area contributed by atoms with Crippen molar-refractivity contribution >= 4 is 41.2 Å². The van der Waals surface area contributed by atoms with Gasteiger partial charge in [0.1, 0.15) is 0 Å². The van der Waals surface area contributed by atoms with Gasteiger partial charge in [-0.1, -0.05) is 11.6 Å². The lowest BCUT2D eigenvalue weighted by atomic mass is 10.3. The highest BCUT2D eigenvalue weighted by Crippen LogP contribution is 2.29. The molecular formula is C11H14ClN3O5S. The average Bonchev–Trinajstić information content (AvgIpc) is 2.79. The Bertz CT molecular complexity index is 534. The Kier molecular flexibility index (Phi) is 6.25. The normalized spacial score (nSPS) is 11.4. The van der Waals surface area contributed by atoms with Crippen molar-refractivity contribution in [1.82, 2.24) is 10.2 Å². The maximum absolute atomic E-state index is 11.6. The number of amides is 3. The van der Waals surface area contributed by atoms with Crippen LogP contribution in [0.1, 0.15) is 11.0 Å². The molecule has 116 valence electrons. The van der Waals surface area contributed by atoms with Gasteiger partial charge in [-0.15, -0.1) is 11.3 Å². The fourth-order valence-corrected chi connectivity index (χ4v) is 2.32. The van der Waals surface area contributed by atoms with Crippen molar-refractivity contribution in [3.63, 3.8) is 0 Å². The van der Waals surface area contributed by atoms with Gasteiger partial charge in [0, 0.05) is 19.0 Å². The minimum Gasteiger partial charge on any atom is -0.438 e. The summed E-state index contributed by atoms with van der Waals surface area (Å²) in [4.78, 5) is 35.1. The summed E-state index contributed by atoms with van der Waals surface area (Å²) >= 11 is 7.03. The van der Waals surface area contributed by atoms with Crippen LogP contribution in [0.4, 0.5) is 14.4 Å². The largest absolute Gasteiger partial charge is 0.438 e. The number of alkyl carbamates (subject to hydrolysis) is 1. The van der Waals surface area contributed by atoms with E-state index in [1.807, 2.05) is 0 Å². The van der Waals surface area contributed by atoms with Crippen LogP contribution in [0, 0.1) is 0 Å². The first kappa shape index (κ1) is 17.1. The number of ether oxygens (including phenoxy) is 2. The van der Waals surface area contributed by atoms with Gasteiger partial charge in [-0.05, 0) is 12.1 Å². The Hall–Kier alpha value is -2.00. The van der Waals surface area contributed by atoms with Crippen LogP contribution < -0.4 is 11.1 Å². The summed E-state index contributed by atoms with van der Waals surface area (Å²) in [6.07, 6.45) is -3.61. The van der Waals surface area contributed by atoms with Crippen molar-refractivity contribution in [1.29, 1.82) is 0 Å². The van der Waals surface area contributed by atoms with Crippen molar-refractivity contribution in [3.8, 4) is 0 Å². The lowest BCUT2D eigenvalue weighted by Gasteiger charge is -2.19. The van der Waals surface area contributed by atoms with E-state index in [0.29, 0.717) is 9.21 Å². The van der Waals surface area contributed by atoms with Crippen LogP contribution in [0.25, 0.3) is 0 Å². The summed E-state index contributed by atoms with van der Waals surface area (Å²) in [6.45, 7) is -0.0947. The van der Waals surface area contributed by atoms with Gasteiger partial charge >= 0.3 is 18.3 Å². The Labute approximate surface area is 129 Å². The smallest absolute Gasteiger partial charge is 0.416 e. The molecule has 1 unspecified atom stereocenters. The molecule has 10 heteroatoms. The summed E-state index contributed by atoms with van der Waals surface area (Å²) in [5, 5.41) is 2.27. The highest BCUT2D eigenvalue weighted by atomic mass is 35.5. The fraction of sp³-hybridized carbons (Fsp3) is 0.364. The van der Waals surface area contributed by atoms with Gasteiger partial charge in [-0.2, -0.15) is 0 Å². The first-order valence-corrected chi connectivity index (χ1v) is 6.87. The molecule has 0 aliphatic carbocycles. The SMILES string of the molecule is CN(C)C(=O)OC(CNC(=O)OC(N)=O)c1ccc(Cl)s1. The van der Waals surface area contributed by atoms with Gasteiger partial charge in [-0.3, -0.25) is 0 Å². The van der Waals surface area contributed by atoms with Gasteiger partial charge in [0.2, 0.25) is 0 Å². The van der Waals surface area contributed by atoms with Crippen molar-refractivity contribution < 1.29 is 23.9 Å². The molecule has 0 saturated carbocycles. The number of carbonyl (C=O) groups is 3. The minimum atomic E-state index is -1.23. The number of thiophene rings is 1. The molecule has 0 bridgehead atoms. The molecule has 1 aromatic heterocycles. The number of carbonyl (C=O) groups excluding carboxylic acids is 3. The van der Waals surface area contributed by atoms with Gasteiger partial charge < -0.3 is 25.4 Å². The number of hydrogen-bond acceptors (Lipinski definition) is 6. The summed E-state index contributed by atoms with van der Waals surface area (Å²) in [5.74, 6) is 0. The summed E-state index contributed by atoms with van der Waals surface area (Å²) in [7, 11) is 3.05. The van der Waals surface area contributed by atoms with Gasteiger partial charge in [0.25, 0.3) is 0 Å². The van der Waals surface area contributed by atoms with Crippen molar-refractivity contribution in [3.05, 3.63) is 21.3 Å². The van der Waals surface area contributed by atoms with Crippen LogP contribution in [0.15, 0.2) is 12.1 Å². The minimum absolute atomic E-state index is 0.0947. The third-order valence-corrected chi connectivity index (χ3v) is 3.47. The number of rotatable bonds is 4. The predicted molar refractivity (Wildman–Crippen MR) is 76.3 cm³/mol. The van der Waals surface area contributed by atoms with Gasteiger partial charge in [0.05, 0.1) is 10.9 Å². The van der Waals surface area contributed by atoms with Gasteiger partial charge in [-0.25, -0.2) is 14.4 Å². The topological polar surface area (TPSA) is 111 Å². The number of primary amides is 1. The highest BCUT2D eigenvalue weighted by Gasteiger charge is 2.21. The van der Waals surface area contributed by atoms with Crippen LogP contribution in [-0.2, 0) is 9.47 Å². The molecule has 0 fully saturated rings. The maximum atomic E-state index is 11.6. The molecule has 21 heavy (non-hydrogen) atoms. The van der Waals surface area contributed by atoms with E-state index >= 15 is 0 Å². The first-order valence-electron chi connectivity index (χ1n) is 5.68. The Morgan fingerprint density at radius 2 is 2.10 bits per heavy atom. The zero-order chi connectivity index (χ0) is 16.0. The standard InChI is InChI=1S/C11H14ClN3O5S/c1-15(2)11(18)19-6(7-3-4-8(12)21-7)5-14-10(17)20-9(13)16/h3-4,6H,5H2,1-2H3,(H2,13,16)(H,14,17). The second kappa shape index (κ2) is 7.70. The molecule has 0 aliphatic heterocycles. The van der Waals surface area contributed by atoms with Crippen LogP contribution >= 0.6 is 22.9 Å². The highest BCUT2D eigenvalue weighted by molar-refractivity contribution is 7.16. The third kappa shape index (κ3) is 5.88. The van der Waals surface area contributed by atoms with Crippen molar-refractivity contribution in [2.45, 2.75) is 6.10 Å². The van der Waals surface area contributed by atoms with Crippen molar-refractivity contribution in [2.24, 2.45) is 5.73 Å². The molecular weight excluding hydrogens is 322 g/mol. The molecule has 1 rings (SSSR count). The molecule has 1 heterocycles. The Morgan fingerprint density at radius 3 is 2.57 bits per heavy atom. The monoisotopic (exact) mass is 335 g/mol. The van der Waals surface area contributed by atoms with Crippen LogP contribution in [0.5, 0.6) is 0 Å². The van der Waals surface area contributed by atoms with Crippen LogP contribution in [0.3, 0.4) is 0 Å². The van der Waals surface area contributed by atoms with Gasteiger partial charge in [0.15, 0.2) is 6.10 Å². The second-order valence-corrected chi connectivity index (χ2v) is 5.74. The first-order chi connectivity index (χ1) is 9.79. The van der Waals surface area contributed by atoms with E-state index in [2.05, 4.69) is 10.1 Å². The zero-order valence-electron chi connectivity index (χ0n) is 11.3. The summed E-state index contributed by atoms with van der Waals surface area (Å²) < 4.78 is 9.84. The summed E-state index contributed by atoms with van der Waals surface area (Å²) in [5.41, 5.74) is 4.71. The number of nitrogens with two attached hydrogens (primary N) is 1. The molecule has 3 N–H and O–H groups in total. The number of nitrogens with zero attached hydrogens (tertiary/aromatic N) is 1. The van der Waals surface area contributed by atoms with E-state index in [0.717, 1.165) is 0 Å². The average molecular weight is 336 g/mol. The van der Waals surface area contributed by atoms with E-state index in [1.165, 1.54) is 30.3 Å². The molecule has 3 amide bonds. The second-order valence-electron chi connectivity index (χ2n) is 4.00. The molecule has 0 saturated heterocycles. The molecule has 8 nitrogen and oxygen atoms in total. The van der Waals surface area contributed by atoms with E-state index in [4.69, 9.17) is 22.1 Å². The van der Waals surface area contributed by atoms with E-state index < -0.39 is 24.4 Å². The summed E-state index contributed by atoms with van der Waals surface area (Å²) in [6, 6.07) is 3.31. The fourth-order valence-electron chi connectivity index (χ4n) is 1.23. The Balaban J connectivity index is 2.71. The molecule has 1 aromatic rings. The molecule has 0 aromatic carbocycles. The maximum Gasteiger partial charge on any atom is 0.416 e. The lowest BCUT2D eigenvalue weighted by Crippen LogP contribution is -2.34. The number of halogens is 1. The molecule has 0 aliphatic rings. The lowest BCUT2D eigenvalue weighted by molar-refractivity contribution is 0.0742. The Morgan fingerprint density at radius 1 is 1.43 bits per heavy atom. The molecule has 0 radical (unpaired) electrons. The predicted octanol–water partition coefficient (Wildman–Crippen LogP) is 1.95. The zero-order valence-corrected chi connectivity index (χ0v) is 12.9. The van der Waals surface area contributed by atoms with Crippen molar-refractivity contribution in [2.75, 3.05) is 20.6 Å². The number of nitrogens with one attached hydrogen (secondary N) is 1. The van der Waals surface area contributed by atoms with Crippen LogP contribution in [-0.4, -0.2) is 43.8 Å². The third-order valence-electron chi connectivity index (χ3n) is 2.14. The van der Waals surface area contributed by atoms with E-state index in [-0.39, 0.29) is 6.54 Å². The molecule has 0 spiro atoms. The molecule has 1 atom stereocenters. The quantitative estimate of drug-likeness (QED) is 0.817. The number of hydrogen-bond donors (Lipinski definition) is 2. The van der Waals surface area contributed by atoms with E-state index in [9.17, 15) is 14.4 Å². The van der Waals surface area contributed by atoms with E-state index in [1.54, 1.807) is 12.1 Å².